The van der Waals surface area contributed by atoms with Crippen molar-refractivity contribution in [2.45, 2.75) is 59.0 Å². The van der Waals surface area contributed by atoms with Crippen LogP contribution in [0.1, 0.15) is 52.5 Å². The fourth-order valence-electron chi connectivity index (χ4n) is 4.57. The van der Waals surface area contributed by atoms with Crippen LogP contribution in [-0.4, -0.2) is 37.2 Å². The minimum Gasteiger partial charge on any atom is -0.384 e. The van der Waals surface area contributed by atoms with Crippen LogP contribution in [0, 0.1) is 17.8 Å². The minimum atomic E-state index is 0.562. The monoisotopic (exact) mass is 317 g/mol. The van der Waals surface area contributed by atoms with Gasteiger partial charge in [-0.2, -0.15) is 0 Å². The lowest BCUT2D eigenvalue weighted by Crippen LogP contribution is -2.44. The van der Waals surface area contributed by atoms with Gasteiger partial charge in [0.15, 0.2) is 0 Å². The maximum Gasteiger partial charge on any atom is 0.0503 e. The van der Waals surface area contributed by atoms with E-state index in [4.69, 9.17) is 4.74 Å². The lowest BCUT2D eigenvalue weighted by molar-refractivity contribution is 0.114. The molecule has 2 heteroatoms. The van der Waals surface area contributed by atoms with Crippen molar-refractivity contribution in [3.63, 3.8) is 0 Å². The summed E-state index contributed by atoms with van der Waals surface area (Å²) in [5.74, 6) is 2.60. The van der Waals surface area contributed by atoms with E-state index in [2.05, 4.69) is 69.9 Å². The Morgan fingerprint density at radius 2 is 1.74 bits per heavy atom. The highest BCUT2D eigenvalue weighted by atomic mass is 16.5. The highest BCUT2D eigenvalue weighted by Gasteiger charge is 2.39. The van der Waals surface area contributed by atoms with Gasteiger partial charge in [0.2, 0.25) is 0 Å². The van der Waals surface area contributed by atoms with Crippen LogP contribution >= 0.6 is 0 Å². The first kappa shape index (κ1) is 18.5. The van der Waals surface area contributed by atoms with E-state index in [1.165, 1.54) is 18.5 Å². The van der Waals surface area contributed by atoms with E-state index >= 15 is 0 Å². The third-order valence-electron chi connectivity index (χ3n) is 5.59. The Hall–Kier alpha value is -0.860. The van der Waals surface area contributed by atoms with Gasteiger partial charge < -0.3 is 4.74 Å². The number of hydrogen-bond acceptors (Lipinski definition) is 2. The molecule has 4 atom stereocenters. The van der Waals surface area contributed by atoms with Crippen LogP contribution < -0.4 is 0 Å². The molecule has 0 saturated carbocycles. The van der Waals surface area contributed by atoms with Gasteiger partial charge in [0.05, 0.1) is 6.61 Å². The van der Waals surface area contributed by atoms with E-state index in [9.17, 15) is 0 Å². The average molecular weight is 318 g/mol. The summed E-state index contributed by atoms with van der Waals surface area (Å²) in [7, 11) is 1.83. The van der Waals surface area contributed by atoms with Crippen molar-refractivity contribution in [1.82, 2.24) is 4.90 Å². The summed E-state index contributed by atoms with van der Waals surface area (Å²) in [5.41, 5.74) is 1.48. The number of benzene rings is 1. The second kappa shape index (κ2) is 8.30. The zero-order valence-electron chi connectivity index (χ0n) is 15.8. The predicted molar refractivity (Wildman–Crippen MR) is 98.8 cm³/mol. The fourth-order valence-corrected chi connectivity index (χ4v) is 4.57. The Kier molecular flexibility index (Phi) is 6.67. The number of likely N-dealkylation sites (tertiary alicyclic amines) is 1. The first-order valence-corrected chi connectivity index (χ1v) is 9.25. The first-order chi connectivity index (χ1) is 11.0. The highest BCUT2D eigenvalue weighted by Crippen LogP contribution is 2.37. The molecule has 1 aromatic rings. The molecule has 2 rings (SSSR count). The van der Waals surface area contributed by atoms with E-state index in [1.807, 2.05) is 7.11 Å². The summed E-state index contributed by atoms with van der Waals surface area (Å²) in [6.45, 7) is 14.0. The Morgan fingerprint density at radius 3 is 2.26 bits per heavy atom. The number of methoxy groups -OCH3 is 1. The SMILES string of the molecule is COCC1C[C@@H](C(C)C)N(C(C)C(c2ccccc2)C(C)C)C1. The van der Waals surface area contributed by atoms with Crippen LogP contribution in [0.25, 0.3) is 0 Å². The number of ether oxygens (including phenoxy) is 1. The second-order valence-electron chi connectivity index (χ2n) is 7.99. The zero-order valence-corrected chi connectivity index (χ0v) is 15.8. The molecule has 1 saturated heterocycles. The quantitative estimate of drug-likeness (QED) is 0.715. The molecule has 1 aliphatic rings. The third kappa shape index (κ3) is 4.36. The number of hydrogen-bond donors (Lipinski definition) is 0. The lowest BCUT2D eigenvalue weighted by Gasteiger charge is -2.39. The molecule has 0 spiro atoms. The summed E-state index contributed by atoms with van der Waals surface area (Å²) in [5, 5.41) is 0. The summed E-state index contributed by atoms with van der Waals surface area (Å²) in [6.07, 6.45) is 1.27. The predicted octanol–water partition coefficient (Wildman–Crippen LogP) is 4.81. The molecule has 23 heavy (non-hydrogen) atoms. The fraction of sp³-hybridized carbons (Fsp3) is 0.714. The molecule has 130 valence electrons. The molecule has 0 radical (unpaired) electrons. The van der Waals surface area contributed by atoms with Crippen molar-refractivity contribution in [2.75, 3.05) is 20.3 Å². The van der Waals surface area contributed by atoms with Crippen LogP contribution in [-0.2, 0) is 4.74 Å². The summed E-state index contributed by atoms with van der Waals surface area (Å²) in [6, 6.07) is 12.3. The van der Waals surface area contributed by atoms with Crippen LogP contribution in [0.5, 0.6) is 0 Å². The molecule has 1 heterocycles. The van der Waals surface area contributed by atoms with Gasteiger partial charge in [0, 0.05) is 31.7 Å². The van der Waals surface area contributed by atoms with Crippen molar-refractivity contribution in [2.24, 2.45) is 17.8 Å². The van der Waals surface area contributed by atoms with Gasteiger partial charge >= 0.3 is 0 Å². The molecule has 0 N–H and O–H groups in total. The summed E-state index contributed by atoms with van der Waals surface area (Å²) >= 11 is 0. The Balaban J connectivity index is 2.22. The van der Waals surface area contributed by atoms with Crippen molar-refractivity contribution in [1.29, 1.82) is 0 Å². The first-order valence-electron chi connectivity index (χ1n) is 9.25. The molecule has 0 amide bonds. The normalized spacial score (nSPS) is 25.2. The van der Waals surface area contributed by atoms with Gasteiger partial charge in [0.25, 0.3) is 0 Å². The van der Waals surface area contributed by atoms with Crippen molar-refractivity contribution < 1.29 is 4.74 Å². The molecule has 2 nitrogen and oxygen atoms in total. The standard InChI is InChI=1S/C21H35NO/c1-15(2)20-12-18(14-23-6)13-22(20)17(5)21(16(3)4)19-10-8-7-9-11-19/h7-11,15-18,20-21H,12-14H2,1-6H3/t17?,18?,20-,21?/m0/s1. The van der Waals surface area contributed by atoms with Gasteiger partial charge in [-0.25, -0.2) is 0 Å². The van der Waals surface area contributed by atoms with E-state index in [0.29, 0.717) is 35.8 Å². The van der Waals surface area contributed by atoms with Crippen LogP contribution in [0.2, 0.25) is 0 Å². The molecule has 1 fully saturated rings. The molecule has 1 aliphatic heterocycles. The molecule has 1 aromatic carbocycles. The van der Waals surface area contributed by atoms with Gasteiger partial charge in [-0.05, 0) is 36.7 Å². The molecule has 3 unspecified atom stereocenters. The Labute approximate surface area is 143 Å². The van der Waals surface area contributed by atoms with Crippen LogP contribution in [0.3, 0.4) is 0 Å². The van der Waals surface area contributed by atoms with E-state index < -0.39 is 0 Å². The van der Waals surface area contributed by atoms with Crippen LogP contribution in [0.15, 0.2) is 30.3 Å². The lowest BCUT2D eigenvalue weighted by atomic mass is 9.82. The average Bonchev–Trinajstić information content (AvgIpc) is 2.93. The largest absolute Gasteiger partial charge is 0.384 e. The minimum absolute atomic E-state index is 0.562. The highest BCUT2D eigenvalue weighted by molar-refractivity contribution is 5.22. The van der Waals surface area contributed by atoms with Gasteiger partial charge in [-0.1, -0.05) is 58.0 Å². The van der Waals surface area contributed by atoms with Crippen LogP contribution in [0.4, 0.5) is 0 Å². The third-order valence-corrected chi connectivity index (χ3v) is 5.59. The molecule has 0 aliphatic carbocycles. The van der Waals surface area contributed by atoms with Gasteiger partial charge in [-0.3, -0.25) is 4.90 Å². The Bertz CT molecular complexity index is 456. The van der Waals surface area contributed by atoms with Gasteiger partial charge in [0.1, 0.15) is 0 Å². The maximum absolute atomic E-state index is 5.45. The topological polar surface area (TPSA) is 12.5 Å². The molecule has 0 aromatic heterocycles. The summed E-state index contributed by atoms with van der Waals surface area (Å²) in [4.78, 5) is 2.77. The zero-order chi connectivity index (χ0) is 17.0. The smallest absolute Gasteiger partial charge is 0.0503 e. The van der Waals surface area contributed by atoms with Crippen molar-refractivity contribution in [3.05, 3.63) is 35.9 Å². The number of rotatable bonds is 7. The molecular weight excluding hydrogens is 282 g/mol. The van der Waals surface area contributed by atoms with Gasteiger partial charge in [-0.15, -0.1) is 0 Å². The second-order valence-corrected chi connectivity index (χ2v) is 7.99. The summed E-state index contributed by atoms with van der Waals surface area (Å²) < 4.78 is 5.45. The van der Waals surface area contributed by atoms with E-state index in [1.54, 1.807) is 0 Å². The van der Waals surface area contributed by atoms with Crippen molar-refractivity contribution >= 4 is 0 Å². The van der Waals surface area contributed by atoms with E-state index in [-0.39, 0.29) is 0 Å². The Morgan fingerprint density at radius 1 is 1.09 bits per heavy atom. The maximum atomic E-state index is 5.45. The van der Waals surface area contributed by atoms with Crippen molar-refractivity contribution in [3.8, 4) is 0 Å². The van der Waals surface area contributed by atoms with E-state index in [0.717, 1.165) is 6.61 Å². The molecule has 0 bridgehead atoms. The number of nitrogens with zero attached hydrogens (tertiary/aromatic N) is 1. The molecular formula is C21H35NO.